The Kier molecular flexibility index (Phi) is 4.56. The Hall–Kier alpha value is -1.39. The lowest BCUT2D eigenvalue weighted by Gasteiger charge is -2.13. The molecule has 0 bridgehead atoms. The molecular formula is C15H21N3S. The van der Waals surface area contributed by atoms with Crippen molar-refractivity contribution in [2.45, 2.75) is 39.8 Å². The average Bonchev–Trinajstić information content (AvgIpc) is 2.89. The van der Waals surface area contributed by atoms with Crippen molar-refractivity contribution in [3.8, 4) is 0 Å². The van der Waals surface area contributed by atoms with Crippen molar-refractivity contribution >= 4 is 17.0 Å². The van der Waals surface area contributed by atoms with Crippen LogP contribution >= 0.6 is 11.3 Å². The first-order valence-electron chi connectivity index (χ1n) is 6.63. The first-order valence-corrected chi connectivity index (χ1v) is 7.45. The minimum atomic E-state index is 0.270. The van der Waals surface area contributed by atoms with Gasteiger partial charge in [-0.1, -0.05) is 19.1 Å². The molecule has 0 aliphatic heterocycles. The van der Waals surface area contributed by atoms with Gasteiger partial charge < -0.3 is 11.1 Å². The van der Waals surface area contributed by atoms with E-state index in [1.165, 1.54) is 10.4 Å². The van der Waals surface area contributed by atoms with Crippen LogP contribution in [0.1, 0.15) is 40.9 Å². The van der Waals surface area contributed by atoms with E-state index < -0.39 is 0 Å². The monoisotopic (exact) mass is 275 g/mol. The second-order valence-corrected chi connectivity index (χ2v) is 5.90. The lowest BCUT2D eigenvalue weighted by molar-refractivity contribution is 0.571. The van der Waals surface area contributed by atoms with Gasteiger partial charge in [0, 0.05) is 23.3 Å². The molecular weight excluding hydrogens is 254 g/mol. The van der Waals surface area contributed by atoms with E-state index in [2.05, 4.69) is 37.1 Å². The molecule has 3 nitrogen and oxygen atoms in total. The van der Waals surface area contributed by atoms with Crippen molar-refractivity contribution in [1.82, 2.24) is 10.3 Å². The Balaban J connectivity index is 2.00. The highest BCUT2D eigenvalue weighted by Crippen LogP contribution is 2.21. The highest BCUT2D eigenvalue weighted by Gasteiger charge is 2.10. The van der Waals surface area contributed by atoms with E-state index in [9.17, 15) is 0 Å². The molecule has 1 unspecified atom stereocenters. The summed E-state index contributed by atoms with van der Waals surface area (Å²) < 4.78 is 0. The molecule has 0 aliphatic rings. The molecule has 19 heavy (non-hydrogen) atoms. The number of rotatable bonds is 5. The normalized spacial score (nSPS) is 12.6. The summed E-state index contributed by atoms with van der Waals surface area (Å²) in [5.74, 6) is 0. The van der Waals surface area contributed by atoms with Gasteiger partial charge in [-0.2, -0.15) is 0 Å². The van der Waals surface area contributed by atoms with Gasteiger partial charge >= 0.3 is 0 Å². The zero-order valence-electron chi connectivity index (χ0n) is 11.7. The minimum absolute atomic E-state index is 0.270. The van der Waals surface area contributed by atoms with Gasteiger partial charge in [0.1, 0.15) is 5.01 Å². The summed E-state index contributed by atoms with van der Waals surface area (Å²) in [6.07, 6.45) is 3.03. The number of nitrogens with zero attached hydrogens (tertiary/aromatic N) is 1. The summed E-state index contributed by atoms with van der Waals surface area (Å²) in [5, 5.41) is 4.66. The maximum Gasteiger partial charge on any atom is 0.109 e. The Morgan fingerprint density at radius 3 is 2.89 bits per heavy atom. The summed E-state index contributed by atoms with van der Waals surface area (Å²) in [6.45, 7) is 7.19. The molecule has 1 aromatic heterocycles. The van der Waals surface area contributed by atoms with Crippen LogP contribution in [0.25, 0.3) is 0 Å². The zero-order valence-corrected chi connectivity index (χ0v) is 12.6. The number of nitrogen functional groups attached to an aromatic ring is 1. The van der Waals surface area contributed by atoms with E-state index in [0.717, 1.165) is 29.2 Å². The van der Waals surface area contributed by atoms with Gasteiger partial charge in [0.2, 0.25) is 0 Å². The van der Waals surface area contributed by atoms with Crippen LogP contribution < -0.4 is 11.1 Å². The first kappa shape index (κ1) is 14.0. The lowest BCUT2D eigenvalue weighted by atomic mass is 10.1. The number of thiazole rings is 1. The van der Waals surface area contributed by atoms with E-state index in [0.29, 0.717) is 0 Å². The average molecular weight is 275 g/mol. The third-order valence-electron chi connectivity index (χ3n) is 3.38. The van der Waals surface area contributed by atoms with Crippen molar-refractivity contribution in [2.75, 3.05) is 5.73 Å². The van der Waals surface area contributed by atoms with E-state index >= 15 is 0 Å². The van der Waals surface area contributed by atoms with E-state index in [-0.39, 0.29) is 6.04 Å². The van der Waals surface area contributed by atoms with Gasteiger partial charge in [0.25, 0.3) is 0 Å². The van der Waals surface area contributed by atoms with E-state index in [4.69, 9.17) is 5.73 Å². The number of nitrogens with two attached hydrogens (primary N) is 1. The van der Waals surface area contributed by atoms with Gasteiger partial charge in [0.05, 0.1) is 6.04 Å². The number of aromatic nitrogens is 1. The van der Waals surface area contributed by atoms with Crippen molar-refractivity contribution < 1.29 is 0 Å². The van der Waals surface area contributed by atoms with Crippen LogP contribution in [0, 0.1) is 6.92 Å². The molecule has 0 fully saturated rings. The Morgan fingerprint density at radius 2 is 2.21 bits per heavy atom. The predicted molar refractivity (Wildman–Crippen MR) is 82.3 cm³/mol. The van der Waals surface area contributed by atoms with Gasteiger partial charge in [0.15, 0.2) is 0 Å². The molecule has 0 aliphatic carbocycles. The van der Waals surface area contributed by atoms with Crippen molar-refractivity contribution in [3.05, 3.63) is 45.4 Å². The largest absolute Gasteiger partial charge is 0.399 e. The van der Waals surface area contributed by atoms with Crippen LogP contribution in [0.15, 0.2) is 24.4 Å². The maximum absolute atomic E-state index is 5.92. The van der Waals surface area contributed by atoms with Crippen LogP contribution in [0.4, 0.5) is 5.69 Å². The van der Waals surface area contributed by atoms with Gasteiger partial charge in [-0.15, -0.1) is 11.3 Å². The van der Waals surface area contributed by atoms with Crippen LogP contribution in [0.3, 0.4) is 0 Å². The molecule has 2 aromatic rings. The number of anilines is 1. The molecule has 3 N–H and O–H groups in total. The van der Waals surface area contributed by atoms with Gasteiger partial charge in [-0.05, 0) is 37.5 Å². The van der Waals surface area contributed by atoms with Crippen LogP contribution in [-0.4, -0.2) is 4.98 Å². The zero-order chi connectivity index (χ0) is 13.8. The fourth-order valence-corrected chi connectivity index (χ4v) is 2.82. The molecule has 0 saturated carbocycles. The van der Waals surface area contributed by atoms with Gasteiger partial charge in [-0.25, -0.2) is 4.98 Å². The third kappa shape index (κ3) is 3.33. The minimum Gasteiger partial charge on any atom is -0.399 e. The fraction of sp³-hybridized carbons (Fsp3) is 0.400. The molecule has 1 atom stereocenters. The van der Waals surface area contributed by atoms with Crippen molar-refractivity contribution in [3.63, 3.8) is 0 Å². The topological polar surface area (TPSA) is 50.9 Å². The molecule has 1 heterocycles. The molecule has 102 valence electrons. The second-order valence-electron chi connectivity index (χ2n) is 4.75. The van der Waals surface area contributed by atoms with Crippen LogP contribution in [0.5, 0.6) is 0 Å². The molecule has 2 rings (SSSR count). The Bertz CT molecular complexity index is 548. The molecule has 0 radical (unpaired) electrons. The van der Waals surface area contributed by atoms with Crippen molar-refractivity contribution in [2.24, 2.45) is 0 Å². The molecule has 0 spiro atoms. The van der Waals surface area contributed by atoms with Crippen molar-refractivity contribution in [1.29, 1.82) is 0 Å². The van der Waals surface area contributed by atoms with Crippen LogP contribution in [-0.2, 0) is 13.0 Å². The number of hydrogen-bond donors (Lipinski definition) is 2. The van der Waals surface area contributed by atoms with E-state index in [1.807, 2.05) is 18.3 Å². The summed E-state index contributed by atoms with van der Waals surface area (Å²) in [5.41, 5.74) is 9.19. The molecule has 0 saturated heterocycles. The smallest absolute Gasteiger partial charge is 0.109 e. The summed E-state index contributed by atoms with van der Waals surface area (Å²) in [6, 6.07) is 6.33. The van der Waals surface area contributed by atoms with E-state index in [1.54, 1.807) is 11.3 Å². The predicted octanol–water partition coefficient (Wildman–Crippen LogP) is 3.45. The quantitative estimate of drug-likeness (QED) is 0.822. The molecule has 1 aromatic carbocycles. The highest BCUT2D eigenvalue weighted by atomic mass is 32.1. The highest BCUT2D eigenvalue weighted by molar-refractivity contribution is 7.11. The first-order chi connectivity index (χ1) is 9.11. The number of nitrogens with one attached hydrogen (secondary N) is 1. The SMILES string of the molecule is CCc1cnc(C(C)NCc2cccc(N)c2C)s1. The number of benzene rings is 1. The Labute approximate surface area is 118 Å². The molecule has 0 amide bonds. The third-order valence-corrected chi connectivity index (χ3v) is 4.70. The van der Waals surface area contributed by atoms with Crippen LogP contribution in [0.2, 0.25) is 0 Å². The number of aryl methyl sites for hydroxylation is 1. The standard InChI is InChI=1S/C15H21N3S/c1-4-13-9-18-15(19-13)11(3)17-8-12-6-5-7-14(16)10(12)2/h5-7,9,11,17H,4,8,16H2,1-3H3. The summed E-state index contributed by atoms with van der Waals surface area (Å²) >= 11 is 1.79. The Morgan fingerprint density at radius 1 is 1.42 bits per heavy atom. The number of hydrogen-bond acceptors (Lipinski definition) is 4. The summed E-state index contributed by atoms with van der Waals surface area (Å²) in [7, 11) is 0. The molecule has 4 heteroatoms. The second kappa shape index (κ2) is 6.17. The van der Waals surface area contributed by atoms with Gasteiger partial charge in [-0.3, -0.25) is 0 Å². The summed E-state index contributed by atoms with van der Waals surface area (Å²) in [4.78, 5) is 5.81. The lowest BCUT2D eigenvalue weighted by Crippen LogP contribution is -2.18. The fourth-order valence-electron chi connectivity index (χ4n) is 1.93. The maximum atomic E-state index is 5.92.